The van der Waals surface area contributed by atoms with E-state index in [1.165, 1.54) is 0 Å². The third-order valence-electron chi connectivity index (χ3n) is 3.44. The van der Waals surface area contributed by atoms with Crippen LogP contribution in [0.4, 0.5) is 5.95 Å². The van der Waals surface area contributed by atoms with Crippen LogP contribution >= 0.6 is 11.6 Å². The number of rotatable bonds is 3. The summed E-state index contributed by atoms with van der Waals surface area (Å²) in [5.74, 6) is 0.539. The van der Waals surface area contributed by atoms with Crippen molar-refractivity contribution >= 4 is 29.1 Å². The van der Waals surface area contributed by atoms with Crippen molar-refractivity contribution in [3.8, 4) is 0 Å². The third-order valence-corrected chi connectivity index (χ3v) is 3.66. The summed E-state index contributed by atoms with van der Waals surface area (Å²) in [5.41, 5.74) is 0.711. The van der Waals surface area contributed by atoms with E-state index in [-0.39, 0.29) is 11.9 Å². The Kier molecular flexibility index (Phi) is 3.94. The highest BCUT2D eigenvalue weighted by molar-refractivity contribution is 6.30. The number of pyridine rings is 1. The second-order valence-electron chi connectivity index (χ2n) is 4.87. The normalized spacial score (nSPS) is 19.0. The largest absolute Gasteiger partial charge is 0.355 e. The number of carbonyl (C=O) groups is 1. The van der Waals surface area contributed by atoms with Gasteiger partial charge in [-0.15, -0.1) is 5.10 Å². The van der Waals surface area contributed by atoms with E-state index in [9.17, 15) is 4.79 Å². The van der Waals surface area contributed by atoms with Crippen molar-refractivity contribution in [3.05, 3.63) is 23.4 Å². The average molecular weight is 309 g/mol. The zero-order valence-corrected chi connectivity index (χ0v) is 12.5. The van der Waals surface area contributed by atoms with Crippen LogP contribution in [0.15, 0.2) is 18.3 Å². The highest BCUT2D eigenvalue weighted by Gasteiger charge is 2.30. The van der Waals surface area contributed by atoms with Crippen LogP contribution in [-0.4, -0.2) is 52.7 Å². The highest BCUT2D eigenvalue weighted by atomic mass is 35.5. The first kappa shape index (κ1) is 14.1. The number of nitrogens with one attached hydrogen (secondary N) is 2. The Bertz CT molecular complexity index is 657. The highest BCUT2D eigenvalue weighted by Crippen LogP contribution is 2.17. The van der Waals surface area contributed by atoms with Gasteiger partial charge in [-0.25, -0.2) is 4.52 Å². The van der Waals surface area contributed by atoms with E-state index in [1.807, 2.05) is 17.9 Å². The van der Waals surface area contributed by atoms with Crippen molar-refractivity contribution in [2.24, 2.45) is 0 Å². The van der Waals surface area contributed by atoms with Gasteiger partial charge in [0.25, 0.3) is 0 Å². The molecule has 0 spiro atoms. The molecule has 21 heavy (non-hydrogen) atoms. The SMILES string of the molecule is CCNC(=O)C1CNCCN1c1nc2ccc(Cl)cn2n1. The van der Waals surface area contributed by atoms with Crippen LogP contribution in [0.3, 0.4) is 0 Å². The average Bonchev–Trinajstić information content (AvgIpc) is 2.90. The van der Waals surface area contributed by atoms with Gasteiger partial charge in [0.15, 0.2) is 5.65 Å². The summed E-state index contributed by atoms with van der Waals surface area (Å²) in [6, 6.07) is 3.28. The molecule has 0 bridgehead atoms. The van der Waals surface area contributed by atoms with Crippen LogP contribution in [-0.2, 0) is 4.79 Å². The number of piperazine rings is 1. The van der Waals surface area contributed by atoms with Gasteiger partial charge in [-0.1, -0.05) is 11.6 Å². The number of anilines is 1. The lowest BCUT2D eigenvalue weighted by Crippen LogP contribution is -2.58. The molecule has 0 aromatic carbocycles. The van der Waals surface area contributed by atoms with E-state index in [0.717, 1.165) is 6.54 Å². The summed E-state index contributed by atoms with van der Waals surface area (Å²) < 4.78 is 1.63. The number of likely N-dealkylation sites (N-methyl/N-ethyl adjacent to an activating group) is 1. The molecule has 1 fully saturated rings. The van der Waals surface area contributed by atoms with Crippen LogP contribution in [0.2, 0.25) is 5.02 Å². The Hall–Kier alpha value is -1.86. The maximum Gasteiger partial charge on any atom is 0.246 e. The Morgan fingerprint density at radius 3 is 3.24 bits per heavy atom. The van der Waals surface area contributed by atoms with Gasteiger partial charge in [-0.05, 0) is 19.1 Å². The Balaban J connectivity index is 1.92. The summed E-state index contributed by atoms with van der Waals surface area (Å²) in [4.78, 5) is 18.6. The molecule has 0 aliphatic carbocycles. The van der Waals surface area contributed by atoms with Gasteiger partial charge in [0.2, 0.25) is 11.9 Å². The zero-order valence-electron chi connectivity index (χ0n) is 11.7. The standard InChI is InChI=1S/C13H17ClN6O/c1-2-16-12(21)10-7-15-5-6-19(10)13-17-11-4-3-9(14)8-20(11)18-13/h3-4,8,10,15H,2,5-7H2,1H3,(H,16,21). The van der Waals surface area contributed by atoms with E-state index < -0.39 is 0 Å². The van der Waals surface area contributed by atoms with Gasteiger partial charge in [0, 0.05) is 32.4 Å². The maximum absolute atomic E-state index is 12.2. The van der Waals surface area contributed by atoms with Crippen molar-refractivity contribution in [2.45, 2.75) is 13.0 Å². The van der Waals surface area contributed by atoms with Crippen molar-refractivity contribution in [3.63, 3.8) is 0 Å². The molecule has 8 heteroatoms. The number of halogens is 1. The van der Waals surface area contributed by atoms with Gasteiger partial charge >= 0.3 is 0 Å². The van der Waals surface area contributed by atoms with E-state index in [4.69, 9.17) is 11.6 Å². The number of nitrogens with zero attached hydrogens (tertiary/aromatic N) is 4. The van der Waals surface area contributed by atoms with Gasteiger partial charge in [0.1, 0.15) is 6.04 Å². The lowest BCUT2D eigenvalue weighted by atomic mass is 10.2. The quantitative estimate of drug-likeness (QED) is 0.853. The molecule has 7 nitrogen and oxygen atoms in total. The molecule has 1 saturated heterocycles. The smallest absolute Gasteiger partial charge is 0.246 e. The lowest BCUT2D eigenvalue weighted by Gasteiger charge is -2.34. The molecule has 2 aromatic heterocycles. The Morgan fingerprint density at radius 1 is 1.57 bits per heavy atom. The first-order valence-corrected chi connectivity index (χ1v) is 7.34. The fourth-order valence-corrected chi connectivity index (χ4v) is 2.59. The Morgan fingerprint density at radius 2 is 2.43 bits per heavy atom. The van der Waals surface area contributed by atoms with Gasteiger partial charge in [-0.3, -0.25) is 4.79 Å². The predicted molar refractivity (Wildman–Crippen MR) is 80.7 cm³/mol. The van der Waals surface area contributed by atoms with Crippen LogP contribution in [0.1, 0.15) is 6.92 Å². The molecule has 1 unspecified atom stereocenters. The Labute approximate surface area is 127 Å². The number of amides is 1. The van der Waals surface area contributed by atoms with E-state index >= 15 is 0 Å². The second-order valence-corrected chi connectivity index (χ2v) is 5.31. The summed E-state index contributed by atoms with van der Waals surface area (Å²) in [7, 11) is 0. The van der Waals surface area contributed by atoms with E-state index in [0.29, 0.717) is 36.3 Å². The lowest BCUT2D eigenvalue weighted by molar-refractivity contribution is -0.122. The van der Waals surface area contributed by atoms with E-state index in [1.54, 1.807) is 16.8 Å². The van der Waals surface area contributed by atoms with Crippen molar-refractivity contribution < 1.29 is 4.79 Å². The van der Waals surface area contributed by atoms with Gasteiger partial charge in [0.05, 0.1) is 5.02 Å². The molecular weight excluding hydrogens is 292 g/mol. The molecule has 3 heterocycles. The molecule has 112 valence electrons. The number of hydrogen-bond acceptors (Lipinski definition) is 5. The minimum atomic E-state index is -0.299. The predicted octanol–water partition coefficient (Wildman–Crippen LogP) is 0.297. The van der Waals surface area contributed by atoms with Gasteiger partial charge in [-0.2, -0.15) is 4.98 Å². The van der Waals surface area contributed by atoms with E-state index in [2.05, 4.69) is 20.7 Å². The molecule has 1 aliphatic rings. The first-order chi connectivity index (χ1) is 10.2. The number of aromatic nitrogens is 3. The fourth-order valence-electron chi connectivity index (χ4n) is 2.44. The van der Waals surface area contributed by atoms with Crippen molar-refractivity contribution in [2.75, 3.05) is 31.1 Å². The van der Waals surface area contributed by atoms with Crippen LogP contribution in [0.25, 0.3) is 5.65 Å². The molecule has 3 rings (SSSR count). The third kappa shape index (κ3) is 2.79. The van der Waals surface area contributed by atoms with Crippen molar-refractivity contribution in [1.82, 2.24) is 25.2 Å². The number of fused-ring (bicyclic) bond motifs is 1. The summed E-state index contributed by atoms with van der Waals surface area (Å²) >= 11 is 5.96. The zero-order chi connectivity index (χ0) is 14.8. The fraction of sp³-hybridized carbons (Fsp3) is 0.462. The van der Waals surface area contributed by atoms with Crippen LogP contribution < -0.4 is 15.5 Å². The monoisotopic (exact) mass is 308 g/mol. The molecule has 1 aliphatic heterocycles. The molecule has 2 N–H and O–H groups in total. The first-order valence-electron chi connectivity index (χ1n) is 6.96. The summed E-state index contributed by atoms with van der Waals surface area (Å²) in [6.45, 7) is 4.59. The molecule has 1 atom stereocenters. The molecule has 2 aromatic rings. The van der Waals surface area contributed by atoms with Gasteiger partial charge < -0.3 is 15.5 Å². The van der Waals surface area contributed by atoms with Crippen LogP contribution in [0, 0.1) is 0 Å². The topological polar surface area (TPSA) is 74.6 Å². The van der Waals surface area contributed by atoms with Crippen LogP contribution in [0.5, 0.6) is 0 Å². The minimum absolute atomic E-state index is 0.0124. The van der Waals surface area contributed by atoms with Crippen molar-refractivity contribution in [1.29, 1.82) is 0 Å². The molecular formula is C13H17ClN6O. The minimum Gasteiger partial charge on any atom is -0.355 e. The second kappa shape index (κ2) is 5.87. The number of carbonyl (C=O) groups excluding carboxylic acids is 1. The maximum atomic E-state index is 12.2. The summed E-state index contributed by atoms with van der Waals surface area (Å²) in [5, 5.41) is 11.1. The molecule has 0 radical (unpaired) electrons. The summed E-state index contributed by atoms with van der Waals surface area (Å²) in [6.07, 6.45) is 1.71. The molecule has 1 amide bonds. The number of hydrogen-bond donors (Lipinski definition) is 2. The molecule has 0 saturated carbocycles.